The Kier molecular flexibility index (Phi) is 5.99. The number of aryl methyl sites for hydroxylation is 1. The van der Waals surface area contributed by atoms with Gasteiger partial charge in [0.25, 0.3) is 0 Å². The summed E-state index contributed by atoms with van der Waals surface area (Å²) in [6, 6.07) is 8.23. The summed E-state index contributed by atoms with van der Waals surface area (Å²) >= 11 is 5.38. The van der Waals surface area contributed by atoms with Gasteiger partial charge in [0.05, 0.1) is 27.2 Å². The lowest BCUT2D eigenvalue weighted by Crippen LogP contribution is -3.06. The molecule has 3 rings (SSSR count). The SMILES string of the molecule is C[NH+](C)CCNC(=S)Nc1cccc(-c2nnc3n2CCCCC3)c1. The molecule has 0 bridgehead atoms. The number of nitrogens with zero attached hydrogens (tertiary/aromatic N) is 3. The Morgan fingerprint density at radius 2 is 2.12 bits per heavy atom. The maximum atomic E-state index is 5.38. The van der Waals surface area contributed by atoms with Crippen molar-refractivity contribution in [1.82, 2.24) is 20.1 Å². The number of rotatable bonds is 5. The van der Waals surface area contributed by atoms with Crippen LogP contribution in [0, 0.1) is 0 Å². The van der Waals surface area contributed by atoms with Gasteiger partial charge in [-0.05, 0) is 37.2 Å². The normalized spacial score (nSPS) is 14.0. The molecule has 7 heteroatoms. The summed E-state index contributed by atoms with van der Waals surface area (Å²) in [5.41, 5.74) is 2.05. The van der Waals surface area contributed by atoms with E-state index in [4.69, 9.17) is 12.2 Å². The maximum Gasteiger partial charge on any atom is 0.170 e. The third-order valence-corrected chi connectivity index (χ3v) is 4.65. The number of fused-ring (bicyclic) bond motifs is 1. The second-order valence-electron chi connectivity index (χ2n) is 6.82. The van der Waals surface area contributed by atoms with Crippen LogP contribution in [0.15, 0.2) is 24.3 Å². The van der Waals surface area contributed by atoms with E-state index >= 15 is 0 Å². The molecular weight excluding hydrogens is 332 g/mol. The van der Waals surface area contributed by atoms with Crippen LogP contribution in [0.25, 0.3) is 11.4 Å². The molecule has 0 amide bonds. The lowest BCUT2D eigenvalue weighted by molar-refractivity contribution is -0.856. The van der Waals surface area contributed by atoms with Crippen LogP contribution in [0.3, 0.4) is 0 Å². The highest BCUT2D eigenvalue weighted by molar-refractivity contribution is 7.80. The van der Waals surface area contributed by atoms with Gasteiger partial charge in [-0.1, -0.05) is 18.6 Å². The minimum absolute atomic E-state index is 0.651. The van der Waals surface area contributed by atoms with Crippen LogP contribution in [0.1, 0.15) is 25.1 Å². The molecule has 0 aliphatic carbocycles. The van der Waals surface area contributed by atoms with E-state index in [1.165, 1.54) is 24.2 Å². The number of hydrogen-bond acceptors (Lipinski definition) is 3. The topological polar surface area (TPSA) is 59.2 Å². The molecule has 1 aromatic heterocycles. The summed E-state index contributed by atoms with van der Waals surface area (Å²) in [4.78, 5) is 1.39. The van der Waals surface area contributed by atoms with Crippen molar-refractivity contribution in [3.8, 4) is 11.4 Å². The molecule has 0 atom stereocenters. The van der Waals surface area contributed by atoms with E-state index in [1.807, 2.05) is 12.1 Å². The molecule has 0 spiro atoms. The molecule has 134 valence electrons. The van der Waals surface area contributed by atoms with Crippen molar-refractivity contribution in [2.24, 2.45) is 0 Å². The van der Waals surface area contributed by atoms with Crippen LogP contribution in [-0.4, -0.2) is 47.1 Å². The van der Waals surface area contributed by atoms with Gasteiger partial charge in [-0.3, -0.25) is 0 Å². The van der Waals surface area contributed by atoms with Crippen molar-refractivity contribution in [2.45, 2.75) is 32.2 Å². The summed E-state index contributed by atoms with van der Waals surface area (Å²) in [6.07, 6.45) is 4.68. The third kappa shape index (κ3) is 4.76. The summed E-state index contributed by atoms with van der Waals surface area (Å²) in [6.45, 7) is 2.88. The first-order chi connectivity index (χ1) is 12.1. The predicted molar refractivity (Wildman–Crippen MR) is 105 cm³/mol. The highest BCUT2D eigenvalue weighted by Gasteiger charge is 2.16. The van der Waals surface area contributed by atoms with E-state index in [2.05, 4.69) is 51.6 Å². The fraction of sp³-hybridized carbons (Fsp3) is 0.500. The zero-order valence-electron chi connectivity index (χ0n) is 15.0. The summed E-state index contributed by atoms with van der Waals surface area (Å²) in [7, 11) is 4.26. The minimum atomic E-state index is 0.651. The molecule has 25 heavy (non-hydrogen) atoms. The van der Waals surface area contributed by atoms with E-state index in [0.717, 1.165) is 49.0 Å². The Labute approximate surface area is 154 Å². The first-order valence-corrected chi connectivity index (χ1v) is 9.41. The van der Waals surface area contributed by atoms with Gasteiger partial charge >= 0.3 is 0 Å². The molecule has 0 radical (unpaired) electrons. The summed E-state index contributed by atoms with van der Waals surface area (Å²) < 4.78 is 2.27. The standard InChI is InChI=1S/C18H26N6S/c1-23(2)12-10-19-18(25)20-15-8-6-7-14(13-15)17-22-21-16-9-4-3-5-11-24(16)17/h6-8,13H,3-5,9-12H2,1-2H3,(H2,19,20,25)/p+1. The van der Waals surface area contributed by atoms with Crippen LogP contribution < -0.4 is 15.5 Å². The second-order valence-corrected chi connectivity index (χ2v) is 7.23. The Bertz CT molecular complexity index is 724. The number of hydrogen-bond donors (Lipinski definition) is 3. The van der Waals surface area contributed by atoms with Crippen LogP contribution in [-0.2, 0) is 13.0 Å². The fourth-order valence-electron chi connectivity index (χ4n) is 3.04. The van der Waals surface area contributed by atoms with Crippen LogP contribution in [0.4, 0.5) is 5.69 Å². The average Bonchev–Trinajstić information content (AvgIpc) is 2.83. The number of aromatic nitrogens is 3. The first-order valence-electron chi connectivity index (χ1n) is 9.00. The van der Waals surface area contributed by atoms with Crippen LogP contribution in [0.2, 0.25) is 0 Å². The molecule has 0 unspecified atom stereocenters. The molecule has 0 fully saturated rings. The zero-order valence-corrected chi connectivity index (χ0v) is 15.8. The predicted octanol–water partition coefficient (Wildman–Crippen LogP) is 1.10. The van der Waals surface area contributed by atoms with Gasteiger partial charge < -0.3 is 20.1 Å². The lowest BCUT2D eigenvalue weighted by Gasteiger charge is -2.13. The minimum Gasteiger partial charge on any atom is -0.357 e. The van der Waals surface area contributed by atoms with Crippen LogP contribution in [0.5, 0.6) is 0 Å². The van der Waals surface area contributed by atoms with Crippen molar-refractivity contribution < 1.29 is 4.90 Å². The monoisotopic (exact) mass is 359 g/mol. The number of nitrogens with one attached hydrogen (secondary N) is 3. The van der Waals surface area contributed by atoms with Gasteiger partial charge in [-0.15, -0.1) is 10.2 Å². The van der Waals surface area contributed by atoms with Crippen molar-refractivity contribution in [3.63, 3.8) is 0 Å². The highest BCUT2D eigenvalue weighted by Crippen LogP contribution is 2.24. The van der Waals surface area contributed by atoms with Crippen molar-refractivity contribution in [2.75, 3.05) is 32.5 Å². The first kappa shape index (κ1) is 17.8. The van der Waals surface area contributed by atoms with Gasteiger partial charge in [0.15, 0.2) is 10.9 Å². The fourth-order valence-corrected chi connectivity index (χ4v) is 3.26. The summed E-state index contributed by atoms with van der Waals surface area (Å²) in [5, 5.41) is 16.0. The van der Waals surface area contributed by atoms with E-state index in [-0.39, 0.29) is 0 Å². The summed E-state index contributed by atoms with van der Waals surface area (Å²) in [5.74, 6) is 2.06. The van der Waals surface area contributed by atoms with Gasteiger partial charge in [0.1, 0.15) is 5.82 Å². The van der Waals surface area contributed by atoms with Crippen molar-refractivity contribution in [1.29, 1.82) is 0 Å². The molecule has 0 saturated heterocycles. The number of quaternary nitrogens is 1. The molecule has 6 nitrogen and oxygen atoms in total. The molecule has 1 aliphatic rings. The Hall–Kier alpha value is -1.99. The van der Waals surface area contributed by atoms with E-state index in [0.29, 0.717) is 5.11 Å². The lowest BCUT2D eigenvalue weighted by atomic mass is 10.2. The van der Waals surface area contributed by atoms with E-state index < -0.39 is 0 Å². The number of anilines is 1. The Morgan fingerprint density at radius 3 is 2.96 bits per heavy atom. The number of likely N-dealkylation sites (N-methyl/N-ethyl adjacent to an activating group) is 1. The molecule has 0 saturated carbocycles. The number of thiocarbonyl (C=S) groups is 1. The molecular formula is C18H27N6S+. The molecule has 1 aliphatic heterocycles. The smallest absolute Gasteiger partial charge is 0.170 e. The number of benzene rings is 1. The van der Waals surface area contributed by atoms with Crippen molar-refractivity contribution >= 4 is 23.0 Å². The van der Waals surface area contributed by atoms with Crippen molar-refractivity contribution in [3.05, 3.63) is 30.1 Å². The quantitative estimate of drug-likeness (QED) is 0.698. The second kappa shape index (κ2) is 8.40. The van der Waals surface area contributed by atoms with Gasteiger partial charge in [0.2, 0.25) is 0 Å². The average molecular weight is 360 g/mol. The largest absolute Gasteiger partial charge is 0.357 e. The van der Waals surface area contributed by atoms with Gasteiger partial charge in [0, 0.05) is 24.2 Å². The molecule has 3 N–H and O–H groups in total. The molecule has 1 aromatic carbocycles. The Morgan fingerprint density at radius 1 is 1.24 bits per heavy atom. The maximum absolute atomic E-state index is 5.38. The zero-order chi connectivity index (χ0) is 17.6. The van der Waals surface area contributed by atoms with Crippen LogP contribution >= 0.6 is 12.2 Å². The van der Waals surface area contributed by atoms with E-state index in [1.54, 1.807) is 0 Å². The molecule has 2 heterocycles. The highest BCUT2D eigenvalue weighted by atomic mass is 32.1. The molecule has 2 aromatic rings. The third-order valence-electron chi connectivity index (χ3n) is 4.40. The van der Waals surface area contributed by atoms with E-state index in [9.17, 15) is 0 Å². The Balaban J connectivity index is 1.70. The van der Waals surface area contributed by atoms with Gasteiger partial charge in [-0.25, -0.2) is 0 Å². The van der Waals surface area contributed by atoms with Gasteiger partial charge in [-0.2, -0.15) is 0 Å².